The predicted molar refractivity (Wildman–Crippen MR) is 69.8 cm³/mol. The molecular formula is C11H17NO2S2. The lowest BCUT2D eigenvalue weighted by Gasteiger charge is -2.21. The number of thiophene rings is 1. The molecule has 1 aromatic rings. The van der Waals surface area contributed by atoms with Gasteiger partial charge in [0, 0.05) is 11.3 Å². The normalized spacial score (nSPS) is 14.4. The number of nitrogens with two attached hydrogens (primary N) is 1. The molecular weight excluding hydrogens is 242 g/mol. The van der Waals surface area contributed by atoms with Gasteiger partial charge in [0.15, 0.2) is 0 Å². The van der Waals surface area contributed by atoms with Crippen molar-refractivity contribution in [2.24, 2.45) is 5.73 Å². The fourth-order valence-corrected chi connectivity index (χ4v) is 3.33. The van der Waals surface area contributed by atoms with Crippen LogP contribution in [0.15, 0.2) is 16.8 Å². The van der Waals surface area contributed by atoms with Gasteiger partial charge in [0.25, 0.3) is 0 Å². The fourth-order valence-electron chi connectivity index (χ4n) is 1.33. The van der Waals surface area contributed by atoms with Crippen molar-refractivity contribution in [3.8, 4) is 0 Å². The van der Waals surface area contributed by atoms with Gasteiger partial charge in [-0.1, -0.05) is 6.92 Å². The van der Waals surface area contributed by atoms with E-state index in [0.29, 0.717) is 5.75 Å². The summed E-state index contributed by atoms with van der Waals surface area (Å²) in [6, 6.07) is 2.14. The van der Waals surface area contributed by atoms with Crippen LogP contribution in [0.25, 0.3) is 0 Å². The topological polar surface area (TPSA) is 52.3 Å². The molecule has 0 aliphatic rings. The third kappa shape index (κ3) is 3.81. The highest BCUT2D eigenvalue weighted by Crippen LogP contribution is 2.33. The van der Waals surface area contributed by atoms with Crippen LogP contribution in [0.4, 0.5) is 0 Å². The molecule has 2 unspecified atom stereocenters. The average molecular weight is 259 g/mol. The van der Waals surface area contributed by atoms with E-state index >= 15 is 0 Å². The Labute approximate surface area is 104 Å². The molecule has 0 bridgehead atoms. The lowest BCUT2D eigenvalue weighted by atomic mass is 10.1. The van der Waals surface area contributed by atoms with Gasteiger partial charge >= 0.3 is 5.97 Å². The molecule has 0 spiro atoms. The maximum Gasteiger partial charge on any atom is 0.315 e. The molecule has 0 aliphatic heterocycles. The van der Waals surface area contributed by atoms with Crippen LogP contribution in [0.2, 0.25) is 0 Å². The molecule has 0 aromatic carbocycles. The minimum atomic E-state index is -0.200. The highest BCUT2D eigenvalue weighted by molar-refractivity contribution is 8.00. The van der Waals surface area contributed by atoms with E-state index in [4.69, 9.17) is 5.73 Å². The number of ether oxygens (including phenoxy) is 1. The van der Waals surface area contributed by atoms with Crippen LogP contribution in [0.1, 0.15) is 24.2 Å². The quantitative estimate of drug-likeness (QED) is 0.797. The zero-order valence-electron chi connectivity index (χ0n) is 9.51. The van der Waals surface area contributed by atoms with Crippen molar-refractivity contribution in [3.05, 3.63) is 22.4 Å². The number of rotatable bonds is 6. The largest absolute Gasteiger partial charge is 0.468 e. The Morgan fingerprint density at radius 1 is 1.69 bits per heavy atom. The molecule has 0 fully saturated rings. The minimum Gasteiger partial charge on any atom is -0.468 e. The second-order valence-corrected chi connectivity index (χ2v) is 5.35. The van der Waals surface area contributed by atoms with Gasteiger partial charge in [0.2, 0.25) is 0 Å². The summed E-state index contributed by atoms with van der Waals surface area (Å²) in [5.74, 6) is 0.151. The van der Waals surface area contributed by atoms with E-state index in [9.17, 15) is 4.79 Å². The van der Waals surface area contributed by atoms with Crippen molar-refractivity contribution in [2.45, 2.75) is 24.6 Å². The van der Waals surface area contributed by atoms with Crippen molar-refractivity contribution in [3.63, 3.8) is 0 Å². The number of carbonyl (C=O) groups is 1. The molecule has 0 saturated carbocycles. The van der Waals surface area contributed by atoms with Crippen molar-refractivity contribution < 1.29 is 9.53 Å². The Morgan fingerprint density at radius 3 is 2.94 bits per heavy atom. The summed E-state index contributed by atoms with van der Waals surface area (Å²) in [5, 5.41) is 4.30. The van der Waals surface area contributed by atoms with Crippen LogP contribution in [-0.2, 0) is 9.53 Å². The van der Waals surface area contributed by atoms with Crippen LogP contribution in [0.5, 0.6) is 0 Å². The highest BCUT2D eigenvalue weighted by atomic mass is 32.2. The Hall–Kier alpha value is -0.520. The lowest BCUT2D eigenvalue weighted by molar-refractivity contribution is -0.137. The van der Waals surface area contributed by atoms with Crippen molar-refractivity contribution in [2.75, 3.05) is 12.9 Å². The summed E-state index contributed by atoms with van der Waals surface area (Å²) >= 11 is 3.20. The van der Waals surface area contributed by atoms with Gasteiger partial charge < -0.3 is 10.5 Å². The highest BCUT2D eigenvalue weighted by Gasteiger charge is 2.20. The number of hydrogen-bond acceptors (Lipinski definition) is 5. The minimum absolute atomic E-state index is 0.0734. The van der Waals surface area contributed by atoms with Crippen LogP contribution in [0.3, 0.4) is 0 Å². The van der Waals surface area contributed by atoms with Crippen LogP contribution in [0, 0.1) is 0 Å². The Bertz CT molecular complexity index is 314. The lowest BCUT2D eigenvalue weighted by Crippen LogP contribution is -2.26. The second kappa shape index (κ2) is 6.93. The molecule has 0 aliphatic carbocycles. The van der Waals surface area contributed by atoms with Gasteiger partial charge in [-0.15, -0.1) is 11.8 Å². The molecule has 1 heterocycles. The maximum atomic E-state index is 11.1. The molecule has 1 rings (SSSR count). The van der Waals surface area contributed by atoms with Crippen molar-refractivity contribution in [1.82, 2.24) is 0 Å². The average Bonchev–Trinajstić information content (AvgIpc) is 2.82. The number of hydrogen-bond donors (Lipinski definition) is 1. The van der Waals surface area contributed by atoms with E-state index in [1.54, 1.807) is 23.1 Å². The van der Waals surface area contributed by atoms with E-state index in [1.807, 2.05) is 5.38 Å². The Morgan fingerprint density at radius 2 is 2.44 bits per heavy atom. The zero-order chi connectivity index (χ0) is 12.0. The summed E-state index contributed by atoms with van der Waals surface area (Å²) < 4.78 is 4.63. The van der Waals surface area contributed by atoms with Gasteiger partial charge in [-0.25, -0.2) is 0 Å². The van der Waals surface area contributed by atoms with Crippen molar-refractivity contribution >= 4 is 29.1 Å². The van der Waals surface area contributed by atoms with Gasteiger partial charge in [0.1, 0.15) is 0 Å². The molecule has 1 aromatic heterocycles. The first-order chi connectivity index (χ1) is 7.69. The second-order valence-electron chi connectivity index (χ2n) is 3.44. The van der Waals surface area contributed by atoms with E-state index < -0.39 is 0 Å². The first-order valence-corrected chi connectivity index (χ1v) is 7.14. The molecule has 0 saturated heterocycles. The summed E-state index contributed by atoms with van der Waals surface area (Å²) in [6.07, 6.45) is 0.898. The molecule has 2 N–H and O–H groups in total. The standard InChI is InChI=1S/C11H17NO2S2/c1-3-9(12)11(8-4-5-15-6-8)16-7-10(13)14-2/h4-6,9,11H,3,7,12H2,1-2H3. The van der Waals surface area contributed by atoms with Gasteiger partial charge in [-0.2, -0.15) is 11.3 Å². The van der Waals surface area contributed by atoms with E-state index in [2.05, 4.69) is 23.1 Å². The number of esters is 1. The third-order valence-corrected chi connectivity index (χ3v) is 4.43. The zero-order valence-corrected chi connectivity index (χ0v) is 11.1. The molecule has 3 nitrogen and oxygen atoms in total. The molecule has 90 valence electrons. The SMILES string of the molecule is CCC(N)C(SCC(=O)OC)c1ccsc1. The summed E-state index contributed by atoms with van der Waals surface area (Å²) in [7, 11) is 1.41. The molecule has 5 heteroatoms. The first-order valence-electron chi connectivity index (χ1n) is 5.15. The Balaban J connectivity index is 2.62. The number of methoxy groups -OCH3 is 1. The molecule has 16 heavy (non-hydrogen) atoms. The number of thioether (sulfide) groups is 1. The maximum absolute atomic E-state index is 11.1. The van der Waals surface area contributed by atoms with Crippen LogP contribution in [-0.4, -0.2) is 24.9 Å². The van der Waals surface area contributed by atoms with E-state index in [1.165, 1.54) is 12.7 Å². The fraction of sp³-hybridized carbons (Fsp3) is 0.545. The van der Waals surface area contributed by atoms with Gasteiger partial charge in [-0.3, -0.25) is 4.79 Å². The molecule has 2 atom stereocenters. The third-order valence-electron chi connectivity index (χ3n) is 2.34. The monoisotopic (exact) mass is 259 g/mol. The van der Waals surface area contributed by atoms with Gasteiger partial charge in [-0.05, 0) is 28.8 Å². The van der Waals surface area contributed by atoms with Crippen LogP contribution >= 0.6 is 23.1 Å². The van der Waals surface area contributed by atoms with Gasteiger partial charge in [0.05, 0.1) is 12.9 Å². The number of carbonyl (C=O) groups excluding carboxylic acids is 1. The first kappa shape index (κ1) is 13.5. The molecule has 0 radical (unpaired) electrons. The van der Waals surface area contributed by atoms with Crippen LogP contribution < -0.4 is 5.73 Å². The molecule has 0 amide bonds. The predicted octanol–water partition coefficient (Wildman–Crippen LogP) is 2.43. The Kier molecular flexibility index (Phi) is 5.87. The van der Waals surface area contributed by atoms with E-state index in [-0.39, 0.29) is 17.3 Å². The summed E-state index contributed by atoms with van der Waals surface area (Å²) in [6.45, 7) is 2.06. The smallest absolute Gasteiger partial charge is 0.315 e. The van der Waals surface area contributed by atoms with Crippen molar-refractivity contribution in [1.29, 1.82) is 0 Å². The summed E-state index contributed by atoms with van der Waals surface area (Å²) in [4.78, 5) is 11.1. The summed E-state index contributed by atoms with van der Waals surface area (Å²) in [5.41, 5.74) is 7.27. The van der Waals surface area contributed by atoms with E-state index in [0.717, 1.165) is 6.42 Å².